The molecule has 1 N–H and O–H groups in total. The van der Waals surface area contributed by atoms with Gasteiger partial charge in [0.05, 0.1) is 13.2 Å². The van der Waals surface area contributed by atoms with Gasteiger partial charge in [-0.05, 0) is 48.2 Å². The SMILES string of the molecule is CCNC(c1cc(F)ccc1OC)c1sccc1CC. The maximum absolute atomic E-state index is 13.6. The van der Waals surface area contributed by atoms with Crippen LogP contribution in [0.1, 0.15) is 35.9 Å². The normalized spacial score (nSPS) is 12.4. The third-order valence-corrected chi connectivity index (χ3v) is 4.36. The van der Waals surface area contributed by atoms with E-state index in [2.05, 4.69) is 30.6 Å². The summed E-state index contributed by atoms with van der Waals surface area (Å²) in [5.74, 6) is 0.478. The number of ether oxygens (including phenoxy) is 1. The summed E-state index contributed by atoms with van der Waals surface area (Å²) >= 11 is 1.70. The van der Waals surface area contributed by atoms with E-state index in [4.69, 9.17) is 4.74 Å². The van der Waals surface area contributed by atoms with Crippen LogP contribution in [0.2, 0.25) is 0 Å². The van der Waals surface area contributed by atoms with Crippen LogP contribution in [0.5, 0.6) is 5.75 Å². The number of hydrogen-bond donors (Lipinski definition) is 1. The molecule has 108 valence electrons. The van der Waals surface area contributed by atoms with Gasteiger partial charge in [-0.3, -0.25) is 0 Å². The zero-order chi connectivity index (χ0) is 14.5. The molecular formula is C16H20FNOS. The standard InChI is InChI=1S/C16H20FNOS/c1-4-11-8-9-20-16(11)15(18-5-2)13-10-12(17)6-7-14(13)19-3/h6-10,15,18H,4-5H2,1-3H3. The van der Waals surface area contributed by atoms with Gasteiger partial charge in [-0.25, -0.2) is 4.39 Å². The Bertz CT molecular complexity index is 567. The molecule has 0 aliphatic rings. The first-order valence-corrected chi connectivity index (χ1v) is 7.72. The van der Waals surface area contributed by atoms with Crippen molar-refractivity contribution in [2.45, 2.75) is 26.3 Å². The molecule has 0 aliphatic carbocycles. The number of hydrogen-bond acceptors (Lipinski definition) is 3. The molecule has 1 atom stereocenters. The molecule has 2 aromatic rings. The molecular weight excluding hydrogens is 273 g/mol. The smallest absolute Gasteiger partial charge is 0.124 e. The highest BCUT2D eigenvalue weighted by atomic mass is 32.1. The number of halogens is 1. The molecule has 0 amide bonds. The molecule has 20 heavy (non-hydrogen) atoms. The van der Waals surface area contributed by atoms with E-state index in [0.29, 0.717) is 5.75 Å². The van der Waals surface area contributed by atoms with Gasteiger partial charge in [-0.2, -0.15) is 0 Å². The molecule has 0 radical (unpaired) electrons. The summed E-state index contributed by atoms with van der Waals surface area (Å²) in [6.07, 6.45) is 0.971. The topological polar surface area (TPSA) is 21.3 Å². The van der Waals surface area contributed by atoms with Gasteiger partial charge in [0.25, 0.3) is 0 Å². The fourth-order valence-electron chi connectivity index (χ4n) is 2.37. The summed E-state index contributed by atoms with van der Waals surface area (Å²) in [6.45, 7) is 5.00. The van der Waals surface area contributed by atoms with Crippen LogP contribution in [-0.4, -0.2) is 13.7 Å². The van der Waals surface area contributed by atoms with Gasteiger partial charge in [-0.15, -0.1) is 11.3 Å². The number of methoxy groups -OCH3 is 1. The molecule has 4 heteroatoms. The lowest BCUT2D eigenvalue weighted by molar-refractivity contribution is 0.403. The largest absolute Gasteiger partial charge is 0.496 e. The van der Waals surface area contributed by atoms with E-state index in [1.165, 1.54) is 16.5 Å². The Morgan fingerprint density at radius 3 is 2.75 bits per heavy atom. The Labute approximate surface area is 123 Å². The number of aryl methyl sites for hydroxylation is 1. The van der Waals surface area contributed by atoms with Gasteiger partial charge >= 0.3 is 0 Å². The Balaban J connectivity index is 2.50. The molecule has 0 aliphatic heterocycles. The Morgan fingerprint density at radius 2 is 2.10 bits per heavy atom. The van der Waals surface area contributed by atoms with Crippen molar-refractivity contribution in [2.24, 2.45) is 0 Å². The molecule has 0 bridgehead atoms. The van der Waals surface area contributed by atoms with Crippen LogP contribution < -0.4 is 10.1 Å². The fourth-order valence-corrected chi connectivity index (χ4v) is 3.46. The first kappa shape index (κ1) is 15.0. The van der Waals surface area contributed by atoms with E-state index in [1.54, 1.807) is 30.6 Å². The van der Waals surface area contributed by atoms with Crippen molar-refractivity contribution in [2.75, 3.05) is 13.7 Å². The van der Waals surface area contributed by atoms with E-state index in [1.807, 2.05) is 0 Å². The maximum atomic E-state index is 13.6. The average molecular weight is 293 g/mol. The van der Waals surface area contributed by atoms with Crippen molar-refractivity contribution in [1.29, 1.82) is 0 Å². The van der Waals surface area contributed by atoms with Crippen LogP contribution in [0, 0.1) is 5.82 Å². The lowest BCUT2D eigenvalue weighted by Crippen LogP contribution is -2.22. The minimum absolute atomic E-state index is 0.0272. The van der Waals surface area contributed by atoms with Crippen LogP contribution in [0.4, 0.5) is 4.39 Å². The minimum Gasteiger partial charge on any atom is -0.496 e. The predicted molar refractivity (Wildman–Crippen MR) is 82.2 cm³/mol. The minimum atomic E-state index is -0.238. The third-order valence-electron chi connectivity index (χ3n) is 3.33. The zero-order valence-electron chi connectivity index (χ0n) is 12.1. The summed E-state index contributed by atoms with van der Waals surface area (Å²) in [5.41, 5.74) is 2.15. The van der Waals surface area contributed by atoms with Crippen molar-refractivity contribution in [3.8, 4) is 5.75 Å². The third kappa shape index (κ3) is 3.02. The molecule has 0 spiro atoms. The van der Waals surface area contributed by atoms with Crippen LogP contribution in [0.3, 0.4) is 0 Å². The molecule has 2 nitrogen and oxygen atoms in total. The van der Waals surface area contributed by atoms with E-state index in [-0.39, 0.29) is 11.9 Å². The van der Waals surface area contributed by atoms with E-state index in [0.717, 1.165) is 18.5 Å². The lowest BCUT2D eigenvalue weighted by Gasteiger charge is -2.21. The molecule has 1 aromatic carbocycles. The van der Waals surface area contributed by atoms with E-state index >= 15 is 0 Å². The van der Waals surface area contributed by atoms with Crippen molar-refractivity contribution in [1.82, 2.24) is 5.32 Å². The summed E-state index contributed by atoms with van der Waals surface area (Å²) in [4.78, 5) is 1.23. The van der Waals surface area contributed by atoms with Crippen LogP contribution in [0.15, 0.2) is 29.6 Å². The van der Waals surface area contributed by atoms with Gasteiger partial charge in [0.2, 0.25) is 0 Å². The highest BCUT2D eigenvalue weighted by Crippen LogP contribution is 2.35. The lowest BCUT2D eigenvalue weighted by atomic mass is 10.00. The van der Waals surface area contributed by atoms with Crippen molar-refractivity contribution in [3.63, 3.8) is 0 Å². The predicted octanol–water partition coefficient (Wildman–Crippen LogP) is 4.16. The quantitative estimate of drug-likeness (QED) is 0.863. The second-order valence-corrected chi connectivity index (χ2v) is 5.49. The first-order chi connectivity index (χ1) is 9.71. The zero-order valence-corrected chi connectivity index (χ0v) is 12.9. The molecule has 2 rings (SSSR count). The number of nitrogens with one attached hydrogen (secondary N) is 1. The molecule has 1 aromatic heterocycles. The number of rotatable bonds is 6. The van der Waals surface area contributed by atoms with Gasteiger partial charge in [0.15, 0.2) is 0 Å². The molecule has 1 unspecified atom stereocenters. The highest BCUT2D eigenvalue weighted by Gasteiger charge is 2.21. The van der Waals surface area contributed by atoms with Crippen LogP contribution in [-0.2, 0) is 6.42 Å². The van der Waals surface area contributed by atoms with Crippen molar-refractivity contribution in [3.05, 3.63) is 51.5 Å². The number of thiophene rings is 1. The van der Waals surface area contributed by atoms with E-state index < -0.39 is 0 Å². The monoisotopic (exact) mass is 293 g/mol. The van der Waals surface area contributed by atoms with Gasteiger partial charge in [-0.1, -0.05) is 13.8 Å². The Morgan fingerprint density at radius 1 is 1.30 bits per heavy atom. The second-order valence-electron chi connectivity index (χ2n) is 4.54. The summed E-state index contributed by atoms with van der Waals surface area (Å²) in [5, 5.41) is 5.53. The summed E-state index contributed by atoms with van der Waals surface area (Å²) in [6, 6.07) is 6.79. The van der Waals surface area contributed by atoms with Crippen molar-refractivity contribution >= 4 is 11.3 Å². The summed E-state index contributed by atoms with van der Waals surface area (Å²) < 4.78 is 19.0. The summed E-state index contributed by atoms with van der Waals surface area (Å²) in [7, 11) is 1.62. The van der Waals surface area contributed by atoms with Gasteiger partial charge < -0.3 is 10.1 Å². The molecule has 0 saturated heterocycles. The van der Waals surface area contributed by atoms with E-state index in [9.17, 15) is 4.39 Å². The highest BCUT2D eigenvalue weighted by molar-refractivity contribution is 7.10. The van der Waals surface area contributed by atoms with Gasteiger partial charge in [0.1, 0.15) is 11.6 Å². The maximum Gasteiger partial charge on any atom is 0.124 e. The first-order valence-electron chi connectivity index (χ1n) is 6.84. The fraction of sp³-hybridized carbons (Fsp3) is 0.375. The van der Waals surface area contributed by atoms with Crippen molar-refractivity contribution < 1.29 is 9.13 Å². The average Bonchev–Trinajstić information content (AvgIpc) is 2.93. The van der Waals surface area contributed by atoms with Gasteiger partial charge in [0, 0.05) is 10.4 Å². The van der Waals surface area contributed by atoms with Crippen LogP contribution >= 0.6 is 11.3 Å². The Kier molecular flexibility index (Phi) is 5.15. The molecule has 0 fully saturated rings. The Hall–Kier alpha value is -1.39. The van der Waals surface area contributed by atoms with Crippen LogP contribution in [0.25, 0.3) is 0 Å². The molecule has 1 heterocycles. The number of benzene rings is 1. The molecule has 0 saturated carbocycles. The second kappa shape index (κ2) is 6.86.